The van der Waals surface area contributed by atoms with Crippen molar-refractivity contribution in [1.29, 1.82) is 0 Å². The van der Waals surface area contributed by atoms with Gasteiger partial charge in [0.05, 0.1) is 6.61 Å². The maximum Gasteiger partial charge on any atom is 0.459 e. The van der Waals surface area contributed by atoms with Crippen molar-refractivity contribution < 1.29 is 37.7 Å². The Morgan fingerprint density at radius 1 is 1.39 bits per heavy atom. The zero-order valence-electron chi connectivity index (χ0n) is 17.0. The number of aliphatic hydroxyl groups is 1. The van der Waals surface area contributed by atoms with Gasteiger partial charge in [0.15, 0.2) is 6.23 Å². The first-order valence-corrected chi connectivity index (χ1v) is 11.8. The maximum absolute atomic E-state index is 15.2. The number of aromatic nitrogens is 2. The quantitative estimate of drug-likeness (QED) is 0.261. The van der Waals surface area contributed by atoms with Crippen LogP contribution in [-0.4, -0.2) is 55.2 Å². The minimum Gasteiger partial charge on any atom is -0.480 e. The van der Waals surface area contributed by atoms with Gasteiger partial charge in [-0.3, -0.25) is 23.7 Å². The van der Waals surface area contributed by atoms with Crippen LogP contribution in [0.2, 0.25) is 0 Å². The molecule has 12 nitrogen and oxygen atoms in total. The summed E-state index contributed by atoms with van der Waals surface area (Å²) >= 11 is 2.70. The molecular formula is C18H20BrFN3O9P. The molecule has 0 amide bonds. The number of nitrogens with zero attached hydrogens (tertiary/aromatic N) is 1. The molecule has 1 aromatic carbocycles. The van der Waals surface area contributed by atoms with E-state index in [9.17, 15) is 24.1 Å². The molecule has 4 N–H and O–H groups in total. The minimum absolute atomic E-state index is 0.0943. The smallest absolute Gasteiger partial charge is 0.459 e. The lowest BCUT2D eigenvalue weighted by molar-refractivity contribution is -0.138. The summed E-state index contributed by atoms with van der Waals surface area (Å²) < 4.78 is 42.5. The molecule has 3 rings (SSSR count). The van der Waals surface area contributed by atoms with Crippen molar-refractivity contribution in [2.75, 3.05) is 6.61 Å². The molecule has 6 atom stereocenters. The van der Waals surface area contributed by atoms with E-state index in [1.54, 1.807) is 18.2 Å². The molecule has 0 spiro atoms. The van der Waals surface area contributed by atoms with Crippen LogP contribution >= 0.6 is 23.7 Å². The molecular weight excluding hydrogens is 532 g/mol. The number of para-hydroxylation sites is 1. The number of aliphatic hydroxyl groups excluding tert-OH is 1. The number of benzene rings is 1. The largest absolute Gasteiger partial charge is 0.480 e. The van der Waals surface area contributed by atoms with Crippen molar-refractivity contribution in [2.24, 2.45) is 0 Å². The third-order valence-electron chi connectivity index (χ3n) is 4.58. The molecule has 2 aromatic rings. The van der Waals surface area contributed by atoms with Crippen LogP contribution in [-0.2, 0) is 18.6 Å². The fourth-order valence-electron chi connectivity index (χ4n) is 2.89. The Kier molecular flexibility index (Phi) is 7.56. The second kappa shape index (κ2) is 9.87. The normalized spacial score (nSPS) is 27.6. The monoisotopic (exact) mass is 551 g/mol. The summed E-state index contributed by atoms with van der Waals surface area (Å²) in [4.78, 5) is 36.4. The third kappa shape index (κ3) is 5.78. The van der Waals surface area contributed by atoms with Crippen molar-refractivity contribution in [3.63, 3.8) is 0 Å². The van der Waals surface area contributed by atoms with E-state index in [1.165, 1.54) is 19.1 Å². The molecule has 0 aliphatic carbocycles. The molecule has 180 valence electrons. The Bertz CT molecular complexity index is 1160. The Morgan fingerprint density at radius 2 is 2.06 bits per heavy atom. The Balaban J connectivity index is 1.80. The van der Waals surface area contributed by atoms with Crippen molar-refractivity contribution in [2.45, 2.75) is 36.0 Å². The van der Waals surface area contributed by atoms with Gasteiger partial charge in [0.25, 0.3) is 5.56 Å². The van der Waals surface area contributed by atoms with Gasteiger partial charge in [-0.05, 0) is 35.0 Å². The first-order chi connectivity index (χ1) is 15.4. The molecule has 15 heteroatoms. The number of ether oxygens (including phenoxy) is 1. The van der Waals surface area contributed by atoms with Crippen LogP contribution in [0.5, 0.6) is 5.75 Å². The number of aliphatic carboxylic acids is 1. The lowest BCUT2D eigenvalue weighted by Gasteiger charge is -2.24. The molecule has 2 unspecified atom stereocenters. The standard InChI is InChI=1S/C18H20BrFN3O9P/c1-10(15(26)27)22-33(29,32-11-5-3-2-4-6-11)30-9-12-14(25)18(19,20)16(31-12)23-8-7-13(24)21-17(23)28/h2-8,10,12,14,16,25H,9H2,1H3,(H,22,29)(H,26,27)(H,21,24,28)/t10?,12-,14-,16-,18-,33?/m1/s1. The summed E-state index contributed by atoms with van der Waals surface area (Å²) in [5, 5.41) is 21.8. The maximum atomic E-state index is 15.2. The number of aromatic amines is 1. The van der Waals surface area contributed by atoms with Crippen molar-refractivity contribution >= 4 is 29.6 Å². The molecule has 33 heavy (non-hydrogen) atoms. The summed E-state index contributed by atoms with van der Waals surface area (Å²) in [6, 6.07) is 7.35. The summed E-state index contributed by atoms with van der Waals surface area (Å²) in [7, 11) is -4.36. The van der Waals surface area contributed by atoms with Gasteiger partial charge < -0.3 is 19.5 Å². The highest BCUT2D eigenvalue weighted by atomic mass is 79.9. The number of H-pyrrole nitrogens is 1. The van der Waals surface area contributed by atoms with Crippen LogP contribution in [0.25, 0.3) is 0 Å². The number of hydrogen-bond acceptors (Lipinski definition) is 8. The van der Waals surface area contributed by atoms with Crippen LogP contribution in [0, 0.1) is 0 Å². The van der Waals surface area contributed by atoms with Gasteiger partial charge in [0.2, 0.25) is 4.58 Å². The SMILES string of the molecule is CC(NP(=O)(OC[C@H]1O[C@@H](n2ccc(=O)[nH]c2=O)[C@@](F)(Br)[C@@H]1O)Oc1ccccc1)C(=O)O. The second-order valence-corrected chi connectivity index (χ2v) is 9.96. The van der Waals surface area contributed by atoms with E-state index < -0.39 is 60.6 Å². The van der Waals surface area contributed by atoms with Gasteiger partial charge >= 0.3 is 19.4 Å². The predicted molar refractivity (Wildman–Crippen MR) is 115 cm³/mol. The highest BCUT2D eigenvalue weighted by Crippen LogP contribution is 2.49. The highest BCUT2D eigenvalue weighted by molar-refractivity contribution is 9.10. The lowest BCUT2D eigenvalue weighted by atomic mass is 10.1. The van der Waals surface area contributed by atoms with Crippen LogP contribution in [0.15, 0.2) is 52.2 Å². The molecule has 1 aromatic heterocycles. The minimum atomic E-state index is -4.36. The average Bonchev–Trinajstić information content (AvgIpc) is 2.96. The number of rotatable bonds is 9. The van der Waals surface area contributed by atoms with Crippen molar-refractivity contribution in [1.82, 2.24) is 14.6 Å². The summed E-state index contributed by atoms with van der Waals surface area (Å²) in [6.07, 6.45) is -4.11. The second-order valence-electron chi connectivity index (χ2n) is 7.05. The van der Waals surface area contributed by atoms with E-state index in [2.05, 4.69) is 21.0 Å². The van der Waals surface area contributed by atoms with E-state index >= 15 is 4.39 Å². The van der Waals surface area contributed by atoms with Gasteiger partial charge in [0.1, 0.15) is 24.0 Å². The van der Waals surface area contributed by atoms with Crippen LogP contribution < -0.4 is 20.9 Å². The molecule has 1 aliphatic rings. The van der Waals surface area contributed by atoms with Crippen LogP contribution in [0.3, 0.4) is 0 Å². The Labute approximate surface area is 194 Å². The predicted octanol–water partition coefficient (Wildman–Crippen LogP) is 1.12. The van der Waals surface area contributed by atoms with Gasteiger partial charge in [-0.1, -0.05) is 18.2 Å². The zero-order valence-corrected chi connectivity index (χ0v) is 19.4. The number of carbonyl (C=O) groups is 1. The van der Waals surface area contributed by atoms with E-state index in [1.807, 2.05) is 4.98 Å². The van der Waals surface area contributed by atoms with Crippen LogP contribution in [0.1, 0.15) is 13.2 Å². The van der Waals surface area contributed by atoms with E-state index in [0.29, 0.717) is 4.57 Å². The first kappa shape index (κ1) is 25.3. The number of hydrogen-bond donors (Lipinski definition) is 4. The fraction of sp³-hybridized carbons (Fsp3) is 0.389. The van der Waals surface area contributed by atoms with Crippen molar-refractivity contribution in [3.05, 3.63) is 63.4 Å². The third-order valence-corrected chi connectivity index (χ3v) is 7.09. The average molecular weight is 552 g/mol. The molecule has 1 saturated heterocycles. The van der Waals surface area contributed by atoms with Gasteiger partial charge in [-0.15, -0.1) is 0 Å². The van der Waals surface area contributed by atoms with E-state index in [4.69, 9.17) is 18.9 Å². The summed E-state index contributed by atoms with van der Waals surface area (Å²) in [6.45, 7) is 0.494. The molecule has 0 radical (unpaired) electrons. The summed E-state index contributed by atoms with van der Waals surface area (Å²) in [5.74, 6) is -1.25. The summed E-state index contributed by atoms with van der Waals surface area (Å²) in [5.41, 5.74) is -1.70. The number of nitrogens with one attached hydrogen (secondary N) is 2. The Morgan fingerprint density at radius 3 is 2.67 bits per heavy atom. The zero-order chi connectivity index (χ0) is 24.4. The highest BCUT2D eigenvalue weighted by Gasteiger charge is 2.57. The molecule has 2 heterocycles. The Hall–Kier alpha value is -2.35. The number of halogens is 2. The number of carboxylic acid groups (broad SMARTS) is 1. The van der Waals surface area contributed by atoms with Gasteiger partial charge in [0, 0.05) is 12.3 Å². The van der Waals surface area contributed by atoms with E-state index in [-0.39, 0.29) is 5.75 Å². The van der Waals surface area contributed by atoms with E-state index in [0.717, 1.165) is 12.3 Å². The number of carboxylic acids is 1. The van der Waals surface area contributed by atoms with Gasteiger partial charge in [-0.2, -0.15) is 5.09 Å². The lowest BCUT2D eigenvalue weighted by Crippen LogP contribution is -2.41. The molecule has 1 fully saturated rings. The number of alkyl halides is 2. The fourth-order valence-corrected chi connectivity index (χ4v) is 5.02. The molecule has 1 aliphatic heterocycles. The van der Waals surface area contributed by atoms with Crippen molar-refractivity contribution in [3.8, 4) is 5.75 Å². The molecule has 0 bridgehead atoms. The topological polar surface area (TPSA) is 169 Å². The van der Waals surface area contributed by atoms with Gasteiger partial charge in [-0.25, -0.2) is 13.8 Å². The first-order valence-electron chi connectivity index (χ1n) is 9.45. The van der Waals surface area contributed by atoms with Crippen LogP contribution in [0.4, 0.5) is 4.39 Å². The molecule has 0 saturated carbocycles.